The maximum atomic E-state index is 12.7. The van der Waals surface area contributed by atoms with Crippen molar-refractivity contribution in [2.75, 3.05) is 26.8 Å². The Kier molecular flexibility index (Phi) is 7.46. The summed E-state index contributed by atoms with van der Waals surface area (Å²) in [5.74, 6) is 1.01. The van der Waals surface area contributed by atoms with Crippen LogP contribution in [-0.2, 0) is 14.8 Å². The number of ether oxygens (including phenoxy) is 2. The van der Waals surface area contributed by atoms with E-state index in [9.17, 15) is 13.2 Å². The summed E-state index contributed by atoms with van der Waals surface area (Å²) in [6.07, 6.45) is 0.808. The van der Waals surface area contributed by atoms with Crippen molar-refractivity contribution in [3.05, 3.63) is 53.1 Å². The van der Waals surface area contributed by atoms with Gasteiger partial charge in [-0.15, -0.1) is 0 Å². The molecule has 1 atom stereocenters. The number of rotatable bonds is 7. The molecule has 1 amide bonds. The molecule has 0 saturated carbocycles. The van der Waals surface area contributed by atoms with Gasteiger partial charge in [0.05, 0.1) is 30.7 Å². The zero-order valence-electron chi connectivity index (χ0n) is 17.8. The number of hydrogen-bond acceptors (Lipinski definition) is 5. The fourth-order valence-electron chi connectivity index (χ4n) is 3.30. The van der Waals surface area contributed by atoms with Crippen LogP contribution in [0.5, 0.6) is 11.5 Å². The summed E-state index contributed by atoms with van der Waals surface area (Å²) in [5.41, 5.74) is 0.871. The number of benzene rings is 2. The molecule has 168 valence electrons. The van der Waals surface area contributed by atoms with Crippen LogP contribution in [0, 0.1) is 5.92 Å². The number of hydrogen-bond donors (Lipinski definition) is 1. The monoisotopic (exact) mass is 466 g/mol. The van der Waals surface area contributed by atoms with Crippen LogP contribution in [0.25, 0.3) is 0 Å². The summed E-state index contributed by atoms with van der Waals surface area (Å²) >= 11 is 5.83. The lowest BCUT2D eigenvalue weighted by Crippen LogP contribution is -2.41. The molecule has 0 fully saturated rings. The van der Waals surface area contributed by atoms with Gasteiger partial charge in [0.15, 0.2) is 11.5 Å². The Morgan fingerprint density at radius 3 is 2.39 bits per heavy atom. The highest BCUT2D eigenvalue weighted by molar-refractivity contribution is 7.89. The quantitative estimate of drug-likeness (QED) is 0.673. The number of halogens is 1. The summed E-state index contributed by atoms with van der Waals surface area (Å²) in [6.45, 7) is 4.84. The van der Waals surface area contributed by atoms with E-state index in [4.69, 9.17) is 21.1 Å². The van der Waals surface area contributed by atoms with Crippen LogP contribution in [0.2, 0.25) is 5.02 Å². The van der Waals surface area contributed by atoms with Crippen molar-refractivity contribution in [1.29, 1.82) is 0 Å². The van der Waals surface area contributed by atoms with Crippen LogP contribution in [0.1, 0.15) is 31.9 Å². The van der Waals surface area contributed by atoms with Gasteiger partial charge in [-0.1, -0.05) is 31.5 Å². The molecule has 1 aliphatic heterocycles. The van der Waals surface area contributed by atoms with Crippen molar-refractivity contribution in [2.45, 2.75) is 31.2 Å². The molecule has 31 heavy (non-hydrogen) atoms. The molecule has 0 bridgehead atoms. The Bertz CT molecular complexity index is 1020. The highest BCUT2D eigenvalue weighted by Gasteiger charge is 2.26. The molecule has 7 nitrogen and oxygen atoms in total. The van der Waals surface area contributed by atoms with Gasteiger partial charge in [0.25, 0.3) is 0 Å². The fourth-order valence-corrected chi connectivity index (χ4v) is 4.55. The third kappa shape index (κ3) is 5.70. The van der Waals surface area contributed by atoms with E-state index in [0.29, 0.717) is 29.7 Å². The van der Waals surface area contributed by atoms with E-state index in [2.05, 4.69) is 5.32 Å². The van der Waals surface area contributed by atoms with Crippen LogP contribution < -0.4 is 14.8 Å². The maximum Gasteiger partial charge on any atom is 0.243 e. The van der Waals surface area contributed by atoms with Crippen molar-refractivity contribution in [3.63, 3.8) is 0 Å². The van der Waals surface area contributed by atoms with Gasteiger partial charge in [0, 0.05) is 18.5 Å². The summed E-state index contributed by atoms with van der Waals surface area (Å²) < 4.78 is 37.9. The lowest BCUT2D eigenvalue weighted by atomic mass is 9.95. The van der Waals surface area contributed by atoms with E-state index in [-0.39, 0.29) is 23.4 Å². The first-order valence-electron chi connectivity index (χ1n) is 10.1. The van der Waals surface area contributed by atoms with E-state index < -0.39 is 15.9 Å². The van der Waals surface area contributed by atoms with Crippen molar-refractivity contribution in [2.24, 2.45) is 5.92 Å². The van der Waals surface area contributed by atoms with E-state index >= 15 is 0 Å². The first-order chi connectivity index (χ1) is 14.7. The van der Waals surface area contributed by atoms with E-state index in [1.165, 1.54) is 31.3 Å². The maximum absolute atomic E-state index is 12.7. The smallest absolute Gasteiger partial charge is 0.243 e. The van der Waals surface area contributed by atoms with Gasteiger partial charge in [-0.25, -0.2) is 8.42 Å². The van der Waals surface area contributed by atoms with Crippen LogP contribution in [0.4, 0.5) is 0 Å². The lowest BCUT2D eigenvalue weighted by Gasteiger charge is -2.25. The topological polar surface area (TPSA) is 84.9 Å². The molecule has 0 aliphatic carbocycles. The average Bonchev–Trinajstić information content (AvgIpc) is 2.97. The van der Waals surface area contributed by atoms with Gasteiger partial charge in [-0.2, -0.15) is 4.31 Å². The van der Waals surface area contributed by atoms with Crippen LogP contribution >= 0.6 is 11.6 Å². The van der Waals surface area contributed by atoms with Crippen LogP contribution in [0.3, 0.4) is 0 Å². The molecule has 1 N–H and O–H groups in total. The largest absolute Gasteiger partial charge is 0.490 e. The van der Waals surface area contributed by atoms with Gasteiger partial charge in [0.2, 0.25) is 15.9 Å². The molecule has 2 aromatic carbocycles. The Morgan fingerprint density at radius 1 is 1.10 bits per heavy atom. The second-order valence-corrected chi connectivity index (χ2v) is 10.2. The normalized spacial score (nSPS) is 14.9. The zero-order chi connectivity index (χ0) is 22.6. The van der Waals surface area contributed by atoms with E-state index in [0.717, 1.165) is 16.3 Å². The second kappa shape index (κ2) is 9.89. The van der Waals surface area contributed by atoms with Gasteiger partial charge in [-0.3, -0.25) is 4.79 Å². The van der Waals surface area contributed by atoms with Crippen molar-refractivity contribution in [3.8, 4) is 11.5 Å². The molecule has 2 aromatic rings. The molecule has 0 unspecified atom stereocenters. The Hall–Kier alpha value is -2.29. The summed E-state index contributed by atoms with van der Waals surface area (Å²) in [6, 6.07) is 11.1. The van der Waals surface area contributed by atoms with Crippen molar-refractivity contribution in [1.82, 2.24) is 9.62 Å². The van der Waals surface area contributed by atoms with Gasteiger partial charge < -0.3 is 14.8 Å². The molecule has 0 aromatic heterocycles. The minimum atomic E-state index is -3.81. The van der Waals surface area contributed by atoms with Gasteiger partial charge in [-0.05, 0) is 47.9 Å². The molecule has 0 radical (unpaired) electrons. The molecule has 0 spiro atoms. The summed E-state index contributed by atoms with van der Waals surface area (Å²) in [4.78, 5) is 12.8. The predicted octanol–water partition coefficient (Wildman–Crippen LogP) is 3.64. The zero-order valence-corrected chi connectivity index (χ0v) is 19.4. The third-order valence-electron chi connectivity index (χ3n) is 5.00. The third-order valence-corrected chi connectivity index (χ3v) is 7.07. The number of carbonyl (C=O) groups is 1. The molecule has 1 aliphatic rings. The molecule has 9 heteroatoms. The average molecular weight is 467 g/mol. The molecular weight excluding hydrogens is 440 g/mol. The van der Waals surface area contributed by atoms with E-state index in [1.807, 2.05) is 32.0 Å². The number of sulfonamides is 1. The first kappa shape index (κ1) is 23.4. The highest BCUT2D eigenvalue weighted by atomic mass is 35.5. The Morgan fingerprint density at radius 2 is 1.74 bits per heavy atom. The van der Waals surface area contributed by atoms with Crippen LogP contribution in [0.15, 0.2) is 47.4 Å². The minimum absolute atomic E-state index is 0.0758. The minimum Gasteiger partial charge on any atom is -0.490 e. The number of nitrogens with one attached hydrogen (secondary N) is 1. The Labute approximate surface area is 188 Å². The number of nitrogens with zero attached hydrogens (tertiary/aromatic N) is 1. The highest BCUT2D eigenvalue weighted by Crippen LogP contribution is 2.34. The predicted molar refractivity (Wildman–Crippen MR) is 119 cm³/mol. The Balaban J connectivity index is 1.72. The van der Waals surface area contributed by atoms with Gasteiger partial charge in [0.1, 0.15) is 0 Å². The molecule has 0 saturated heterocycles. The fraction of sp³-hybridized carbons (Fsp3) is 0.409. The number of fused-ring (bicyclic) bond motifs is 1. The van der Waals surface area contributed by atoms with Crippen molar-refractivity contribution < 1.29 is 22.7 Å². The number of likely N-dealkylation sites (N-methyl/N-ethyl adjacent to an activating group) is 1. The number of carbonyl (C=O) groups excluding carboxylic acids is 1. The standard InChI is InChI=1S/C22H27ClN2O5S/c1-15(2)22(16-5-10-19-20(13-16)30-12-4-11-29-19)24-21(26)14-25(3)31(27,28)18-8-6-17(23)7-9-18/h5-10,13,15,22H,4,11-12,14H2,1-3H3,(H,24,26)/t22-/m0/s1. The summed E-state index contributed by atoms with van der Waals surface area (Å²) in [5, 5.41) is 3.40. The molecule has 3 rings (SSSR count). The molecular formula is C22H27ClN2O5S. The first-order valence-corrected chi connectivity index (χ1v) is 11.9. The second-order valence-electron chi connectivity index (χ2n) is 7.76. The lowest BCUT2D eigenvalue weighted by molar-refractivity contribution is -0.122. The number of amides is 1. The van der Waals surface area contributed by atoms with Crippen molar-refractivity contribution >= 4 is 27.5 Å². The molecule has 1 heterocycles. The van der Waals surface area contributed by atoms with Gasteiger partial charge >= 0.3 is 0 Å². The summed E-state index contributed by atoms with van der Waals surface area (Å²) in [7, 11) is -2.43. The SMILES string of the molecule is CC(C)[C@H](NC(=O)CN(C)S(=O)(=O)c1ccc(Cl)cc1)c1ccc2c(c1)OCCCO2. The van der Waals surface area contributed by atoms with E-state index in [1.54, 1.807) is 0 Å². The van der Waals surface area contributed by atoms with Crippen LogP contribution in [-0.4, -0.2) is 45.4 Å².